The van der Waals surface area contributed by atoms with Crippen molar-refractivity contribution in [2.45, 2.75) is 53.3 Å². The number of hydrogen-bond acceptors (Lipinski definition) is 5. The molecular weight excluding hydrogens is 458 g/mol. The first-order chi connectivity index (χ1) is 17.5. The predicted octanol–water partition coefficient (Wildman–Crippen LogP) is 3.50. The van der Waals surface area contributed by atoms with E-state index in [0.29, 0.717) is 45.0 Å². The van der Waals surface area contributed by atoms with Crippen molar-refractivity contribution in [3.63, 3.8) is 0 Å². The molecule has 0 spiro atoms. The van der Waals surface area contributed by atoms with E-state index < -0.39 is 0 Å². The molecule has 0 unspecified atom stereocenters. The van der Waals surface area contributed by atoms with Crippen LogP contribution in [0.25, 0.3) is 0 Å². The molecular formula is C30H34B2N2O3. The van der Waals surface area contributed by atoms with E-state index >= 15 is 0 Å². The molecule has 5 nitrogen and oxygen atoms in total. The van der Waals surface area contributed by atoms with Crippen LogP contribution in [0.4, 0.5) is 0 Å². The number of allylic oxidation sites excluding steroid dienone is 2. The Bertz CT molecular complexity index is 1220. The molecule has 0 amide bonds. The number of benzene rings is 2. The van der Waals surface area contributed by atoms with Gasteiger partial charge in [0, 0.05) is 24.6 Å². The summed E-state index contributed by atoms with van der Waals surface area (Å²) >= 11 is 0. The lowest BCUT2D eigenvalue weighted by molar-refractivity contribution is -0.114. The number of rotatable bonds is 6. The number of nitrogens with zero attached hydrogens (tertiary/aromatic N) is 2. The second kappa shape index (κ2) is 11.8. The molecule has 37 heavy (non-hydrogen) atoms. The van der Waals surface area contributed by atoms with Gasteiger partial charge in [0.2, 0.25) is 0 Å². The monoisotopic (exact) mass is 492 g/mol. The van der Waals surface area contributed by atoms with Crippen molar-refractivity contribution in [2.75, 3.05) is 13.1 Å². The normalized spacial score (nSPS) is 16.5. The summed E-state index contributed by atoms with van der Waals surface area (Å²) in [6.07, 6.45) is 10.7. The number of hydrogen-bond donors (Lipinski definition) is 0. The molecule has 0 fully saturated rings. The molecule has 7 heteroatoms. The van der Waals surface area contributed by atoms with Gasteiger partial charge in [-0.1, -0.05) is 87.0 Å². The summed E-state index contributed by atoms with van der Waals surface area (Å²) in [6, 6.07) is 12.7. The van der Waals surface area contributed by atoms with E-state index in [4.69, 9.17) is 4.65 Å². The van der Waals surface area contributed by atoms with Crippen molar-refractivity contribution >= 4 is 48.0 Å². The van der Waals surface area contributed by atoms with Crippen LogP contribution in [0.1, 0.15) is 29.7 Å². The molecule has 4 heterocycles. The Hall–Kier alpha value is -3.31. The van der Waals surface area contributed by atoms with Gasteiger partial charge in [-0.25, -0.2) is 0 Å². The topological polar surface area (TPSA) is 68.1 Å². The van der Waals surface area contributed by atoms with Gasteiger partial charge < -0.3 is 4.65 Å². The summed E-state index contributed by atoms with van der Waals surface area (Å²) in [4.78, 5) is 32.2. The summed E-state index contributed by atoms with van der Waals surface area (Å²) in [6.45, 7) is 7.06. The van der Waals surface area contributed by atoms with Crippen LogP contribution in [0, 0.1) is 0 Å². The maximum atomic E-state index is 12.0. The third-order valence-corrected chi connectivity index (χ3v) is 7.35. The summed E-state index contributed by atoms with van der Waals surface area (Å²) < 4.78 is 5.56. The van der Waals surface area contributed by atoms with E-state index in [9.17, 15) is 9.59 Å². The minimum Gasteiger partial charge on any atom is -0.427 e. The van der Waals surface area contributed by atoms with Gasteiger partial charge >= 0.3 is 6.92 Å². The third-order valence-electron chi connectivity index (χ3n) is 7.35. The van der Waals surface area contributed by atoms with Crippen molar-refractivity contribution < 1.29 is 14.2 Å². The Morgan fingerprint density at radius 1 is 0.946 bits per heavy atom. The molecule has 4 aliphatic heterocycles. The predicted molar refractivity (Wildman–Crippen MR) is 156 cm³/mol. The Balaban J connectivity index is 0.000000168. The van der Waals surface area contributed by atoms with E-state index in [-0.39, 0.29) is 25.9 Å². The number of carbonyl (C=O) groups excluding carboxylic acids is 2. The van der Waals surface area contributed by atoms with Crippen molar-refractivity contribution in [3.05, 3.63) is 82.5 Å². The fourth-order valence-corrected chi connectivity index (χ4v) is 5.19. The number of fused-ring (bicyclic) bond motifs is 2. The number of aryl methyl sites for hydroxylation is 1. The Morgan fingerprint density at radius 2 is 1.68 bits per heavy atom. The minimum absolute atomic E-state index is 0. The number of Topliss-reactive ketones (excluding diaryl/α,β-unsaturated/α-hetero) is 2. The van der Waals surface area contributed by atoms with Crippen LogP contribution >= 0.6 is 0 Å². The molecule has 2 aromatic carbocycles. The van der Waals surface area contributed by atoms with Gasteiger partial charge in [0.05, 0.1) is 19.7 Å². The standard InChI is InChI=1S/C15H16BNO.C14H14BNO2.CH4/c1-16-6-4-12-3-2-11(8-14(12)16)9-15(18)13-5-7-17-10-13;1-15-12-7-10(4-5-11(12)9-18-15)8-14(17)13-3-2-6-16-13;/h2-3,5,8,10H,4,6-7,9H2,1H3;2-5,7H,6,8-9H2,1H3;1H4. The number of aliphatic imine (C=N–C) groups is 2. The van der Waals surface area contributed by atoms with Crippen LogP contribution in [-0.4, -0.2) is 50.2 Å². The zero-order valence-electron chi connectivity index (χ0n) is 21.0. The van der Waals surface area contributed by atoms with Crippen LogP contribution < -0.4 is 10.9 Å². The Labute approximate surface area is 221 Å². The van der Waals surface area contributed by atoms with E-state index in [1.807, 2.05) is 25.0 Å². The average molecular weight is 492 g/mol. The van der Waals surface area contributed by atoms with Gasteiger partial charge in [-0.2, -0.15) is 0 Å². The highest BCUT2D eigenvalue weighted by Crippen LogP contribution is 2.17. The Morgan fingerprint density at radius 3 is 2.38 bits per heavy atom. The third kappa shape index (κ3) is 6.16. The van der Waals surface area contributed by atoms with E-state index in [1.165, 1.54) is 34.8 Å². The zero-order chi connectivity index (χ0) is 25.1. The van der Waals surface area contributed by atoms with Crippen molar-refractivity contribution in [3.8, 4) is 0 Å². The fraction of sp³-hybridized carbons (Fsp3) is 0.333. The lowest BCUT2D eigenvalue weighted by Crippen LogP contribution is -2.25. The number of carbonyl (C=O) groups is 2. The van der Waals surface area contributed by atoms with Gasteiger partial charge in [-0.15, -0.1) is 0 Å². The second-order valence-corrected chi connectivity index (χ2v) is 9.94. The molecule has 0 atom stereocenters. The lowest BCUT2D eigenvalue weighted by atomic mass is 9.48. The second-order valence-electron chi connectivity index (χ2n) is 9.94. The molecule has 0 aliphatic carbocycles. The zero-order valence-corrected chi connectivity index (χ0v) is 21.0. The van der Waals surface area contributed by atoms with Crippen molar-refractivity contribution in [1.82, 2.24) is 0 Å². The molecule has 2 aromatic rings. The highest BCUT2D eigenvalue weighted by atomic mass is 16.4. The van der Waals surface area contributed by atoms with Gasteiger partial charge in [-0.05, 0) is 34.6 Å². The first-order valence-corrected chi connectivity index (χ1v) is 12.8. The Kier molecular flexibility index (Phi) is 8.55. The van der Waals surface area contributed by atoms with E-state index in [2.05, 4.69) is 47.1 Å². The molecule has 0 bridgehead atoms. The number of ketones is 2. The van der Waals surface area contributed by atoms with Gasteiger partial charge in [0.25, 0.3) is 0 Å². The quantitative estimate of drug-likeness (QED) is 0.580. The smallest absolute Gasteiger partial charge is 0.324 e. The molecule has 0 saturated heterocycles. The summed E-state index contributed by atoms with van der Waals surface area (Å²) in [7, 11) is 0. The highest BCUT2D eigenvalue weighted by molar-refractivity contribution is 6.73. The summed E-state index contributed by atoms with van der Waals surface area (Å²) in [5.41, 5.74) is 8.88. The van der Waals surface area contributed by atoms with Gasteiger partial charge in [-0.3, -0.25) is 19.6 Å². The maximum absolute atomic E-state index is 12.0. The van der Waals surface area contributed by atoms with Crippen LogP contribution in [0.5, 0.6) is 0 Å². The van der Waals surface area contributed by atoms with Crippen molar-refractivity contribution in [2.24, 2.45) is 9.98 Å². The van der Waals surface area contributed by atoms with Crippen LogP contribution in [0.15, 0.2) is 70.2 Å². The molecule has 6 rings (SSSR count). The lowest BCUT2D eigenvalue weighted by Gasteiger charge is -2.06. The van der Waals surface area contributed by atoms with Gasteiger partial charge in [0.1, 0.15) is 5.71 Å². The average Bonchev–Trinajstić information content (AvgIpc) is 3.69. The molecule has 0 saturated carbocycles. The van der Waals surface area contributed by atoms with Crippen LogP contribution in [0.2, 0.25) is 20.0 Å². The van der Waals surface area contributed by atoms with E-state index in [0.717, 1.165) is 16.7 Å². The highest BCUT2D eigenvalue weighted by Gasteiger charge is 2.24. The fourth-order valence-electron chi connectivity index (χ4n) is 5.19. The molecule has 0 N–H and O–H groups in total. The maximum Gasteiger partial charge on any atom is 0.324 e. The molecule has 188 valence electrons. The first-order valence-electron chi connectivity index (χ1n) is 12.8. The van der Waals surface area contributed by atoms with E-state index in [1.54, 1.807) is 12.3 Å². The first kappa shape index (κ1) is 26.7. The van der Waals surface area contributed by atoms with Crippen LogP contribution in [0.3, 0.4) is 0 Å². The largest absolute Gasteiger partial charge is 0.427 e. The summed E-state index contributed by atoms with van der Waals surface area (Å²) in [5, 5.41) is 0. The molecule has 0 radical (unpaired) electrons. The van der Waals surface area contributed by atoms with Crippen molar-refractivity contribution in [1.29, 1.82) is 0 Å². The SMILES string of the molecule is C.CB1CCc2ccc(CC(=O)C3=CCN=C3)cc21.CB1OCc2ccc(CC(=O)C3=NCC=C3)cc21. The molecule has 0 aromatic heterocycles. The molecule has 4 aliphatic rings. The van der Waals surface area contributed by atoms with Crippen LogP contribution in [-0.2, 0) is 40.1 Å². The minimum atomic E-state index is 0. The summed E-state index contributed by atoms with van der Waals surface area (Å²) in [5.74, 6) is 0.275. The van der Waals surface area contributed by atoms with Gasteiger partial charge in [0.15, 0.2) is 18.3 Å².